The van der Waals surface area contributed by atoms with Crippen molar-refractivity contribution in [1.29, 1.82) is 0 Å². The zero-order valence-electron chi connectivity index (χ0n) is 14.8. The second kappa shape index (κ2) is 6.50. The molecule has 0 saturated heterocycles. The number of anilines is 1. The van der Waals surface area contributed by atoms with E-state index in [0.717, 1.165) is 27.8 Å². The Bertz CT molecular complexity index is 1180. The Morgan fingerprint density at radius 1 is 1.26 bits per heavy atom. The van der Waals surface area contributed by atoms with Gasteiger partial charge in [-0.1, -0.05) is 17.9 Å². The van der Waals surface area contributed by atoms with E-state index in [1.807, 2.05) is 47.3 Å². The van der Waals surface area contributed by atoms with Crippen molar-refractivity contribution in [3.63, 3.8) is 0 Å². The highest BCUT2D eigenvalue weighted by atomic mass is 32.1. The Kier molecular flexibility index (Phi) is 4.15. The zero-order chi connectivity index (χ0) is 19.0. The first kappa shape index (κ1) is 17.2. The molecule has 0 amide bonds. The molecule has 0 radical (unpaired) electrons. The van der Waals surface area contributed by atoms with Gasteiger partial charge in [0.15, 0.2) is 5.60 Å². The van der Waals surface area contributed by atoms with Crippen molar-refractivity contribution in [3.05, 3.63) is 64.4 Å². The number of benzene rings is 1. The summed E-state index contributed by atoms with van der Waals surface area (Å²) in [6.45, 7) is 3.64. The molecule has 4 rings (SSSR count). The molecule has 6 nitrogen and oxygen atoms in total. The number of nitrogens with two attached hydrogens (primary N) is 1. The molecular formula is C20H17N5OS. The Labute approximate surface area is 160 Å². The van der Waals surface area contributed by atoms with E-state index in [-0.39, 0.29) is 5.95 Å². The van der Waals surface area contributed by atoms with Crippen molar-refractivity contribution >= 4 is 28.3 Å². The maximum absolute atomic E-state index is 10.6. The van der Waals surface area contributed by atoms with Gasteiger partial charge in [-0.3, -0.25) is 0 Å². The molecule has 0 fully saturated rings. The van der Waals surface area contributed by atoms with E-state index in [9.17, 15) is 5.11 Å². The lowest BCUT2D eigenvalue weighted by molar-refractivity contribution is 0.122. The van der Waals surface area contributed by atoms with E-state index in [2.05, 4.69) is 26.8 Å². The van der Waals surface area contributed by atoms with Gasteiger partial charge in [-0.15, -0.1) is 11.3 Å². The van der Waals surface area contributed by atoms with Crippen LogP contribution in [0.4, 0.5) is 5.95 Å². The summed E-state index contributed by atoms with van der Waals surface area (Å²) in [5, 5.41) is 13.9. The maximum atomic E-state index is 10.6. The average Bonchev–Trinajstić information content (AvgIpc) is 3.31. The molecule has 4 aromatic rings. The van der Waals surface area contributed by atoms with Gasteiger partial charge in [0.2, 0.25) is 5.95 Å². The number of aliphatic hydroxyl groups is 1. The Balaban J connectivity index is 1.77. The normalized spacial score (nSPS) is 13.1. The lowest BCUT2D eigenvalue weighted by Crippen LogP contribution is -2.18. The number of rotatable bonds is 2. The van der Waals surface area contributed by atoms with Crippen molar-refractivity contribution < 1.29 is 5.11 Å². The summed E-state index contributed by atoms with van der Waals surface area (Å²) >= 11 is 1.38. The summed E-state index contributed by atoms with van der Waals surface area (Å²) in [6.07, 6.45) is 5.29. The van der Waals surface area contributed by atoms with Crippen LogP contribution in [0, 0.1) is 18.8 Å². The minimum atomic E-state index is -1.29. The fourth-order valence-electron chi connectivity index (χ4n) is 2.74. The quantitative estimate of drug-likeness (QED) is 0.526. The Morgan fingerprint density at radius 3 is 2.89 bits per heavy atom. The highest BCUT2D eigenvalue weighted by Crippen LogP contribution is 2.23. The molecule has 134 valence electrons. The molecule has 0 bridgehead atoms. The first-order valence-corrected chi connectivity index (χ1v) is 9.18. The van der Waals surface area contributed by atoms with Gasteiger partial charge in [-0.2, -0.15) is 4.98 Å². The van der Waals surface area contributed by atoms with Gasteiger partial charge in [0.05, 0.1) is 0 Å². The van der Waals surface area contributed by atoms with E-state index < -0.39 is 5.60 Å². The van der Waals surface area contributed by atoms with Gasteiger partial charge in [-0.25, -0.2) is 9.97 Å². The summed E-state index contributed by atoms with van der Waals surface area (Å²) < 4.78 is 1.94. The van der Waals surface area contributed by atoms with E-state index >= 15 is 0 Å². The van der Waals surface area contributed by atoms with Crippen molar-refractivity contribution in [2.45, 2.75) is 19.4 Å². The van der Waals surface area contributed by atoms with Crippen LogP contribution in [0.1, 0.15) is 23.1 Å². The Hall–Kier alpha value is -3.21. The van der Waals surface area contributed by atoms with Crippen LogP contribution in [0.2, 0.25) is 0 Å². The first-order chi connectivity index (χ1) is 12.9. The molecule has 3 heterocycles. The van der Waals surface area contributed by atoms with E-state index in [4.69, 9.17) is 5.73 Å². The third-order valence-electron chi connectivity index (χ3n) is 4.23. The summed E-state index contributed by atoms with van der Waals surface area (Å²) in [5.74, 6) is 6.27. The summed E-state index contributed by atoms with van der Waals surface area (Å²) in [6, 6.07) is 7.90. The summed E-state index contributed by atoms with van der Waals surface area (Å²) in [4.78, 5) is 12.5. The number of aryl methyl sites for hydroxylation is 1. The van der Waals surface area contributed by atoms with Crippen molar-refractivity contribution in [3.8, 4) is 17.5 Å². The molecule has 3 N–H and O–H groups in total. The van der Waals surface area contributed by atoms with Crippen LogP contribution in [0.25, 0.3) is 16.7 Å². The second-order valence-corrected chi connectivity index (χ2v) is 7.25. The summed E-state index contributed by atoms with van der Waals surface area (Å²) in [5.41, 5.74) is 7.93. The summed E-state index contributed by atoms with van der Waals surface area (Å²) in [7, 11) is 0. The average molecular weight is 375 g/mol. The molecule has 0 aliphatic heterocycles. The standard InChI is InChI=1S/C20H17N5OS/c1-13-3-4-16(25-9-6-15-12-23-19(21)24-17(15)25)11-14(13)5-7-20(2,26)18-22-8-10-27-18/h3-4,6,8-12,26H,1-2H3,(H2,21,23,24). The lowest BCUT2D eigenvalue weighted by atomic mass is 10.0. The largest absolute Gasteiger partial charge is 0.371 e. The molecule has 1 atom stereocenters. The monoisotopic (exact) mass is 375 g/mol. The third kappa shape index (κ3) is 3.28. The van der Waals surface area contributed by atoms with Crippen molar-refractivity contribution in [2.24, 2.45) is 0 Å². The minimum absolute atomic E-state index is 0.231. The van der Waals surface area contributed by atoms with E-state index in [1.165, 1.54) is 11.3 Å². The minimum Gasteiger partial charge on any atom is -0.371 e. The van der Waals surface area contributed by atoms with Gasteiger partial charge in [-0.05, 0) is 37.6 Å². The van der Waals surface area contributed by atoms with Crippen LogP contribution < -0.4 is 5.73 Å². The molecule has 0 saturated carbocycles. The molecule has 1 unspecified atom stereocenters. The number of nitrogens with zero attached hydrogens (tertiary/aromatic N) is 4. The number of hydrogen-bond acceptors (Lipinski definition) is 6. The number of hydrogen-bond donors (Lipinski definition) is 2. The maximum Gasteiger partial charge on any atom is 0.221 e. The fraction of sp³-hybridized carbons (Fsp3) is 0.150. The molecule has 27 heavy (non-hydrogen) atoms. The van der Waals surface area contributed by atoms with Gasteiger partial charge in [0.25, 0.3) is 0 Å². The van der Waals surface area contributed by atoms with Crippen LogP contribution in [-0.4, -0.2) is 24.6 Å². The number of aromatic nitrogens is 4. The van der Waals surface area contributed by atoms with Gasteiger partial charge >= 0.3 is 0 Å². The second-order valence-electron chi connectivity index (χ2n) is 6.35. The number of fused-ring (bicyclic) bond motifs is 1. The smallest absolute Gasteiger partial charge is 0.221 e. The van der Waals surface area contributed by atoms with Crippen LogP contribution in [0.5, 0.6) is 0 Å². The molecule has 0 aliphatic rings. The zero-order valence-corrected chi connectivity index (χ0v) is 15.7. The predicted octanol–water partition coefficient (Wildman–Crippen LogP) is 3.03. The molecule has 0 aliphatic carbocycles. The highest BCUT2D eigenvalue weighted by molar-refractivity contribution is 7.09. The van der Waals surface area contributed by atoms with Gasteiger partial charge in [0, 0.05) is 40.6 Å². The van der Waals surface area contributed by atoms with Gasteiger partial charge in [0.1, 0.15) is 10.7 Å². The predicted molar refractivity (Wildman–Crippen MR) is 107 cm³/mol. The Morgan fingerprint density at radius 2 is 2.11 bits per heavy atom. The van der Waals surface area contributed by atoms with Crippen molar-refractivity contribution in [1.82, 2.24) is 19.5 Å². The van der Waals surface area contributed by atoms with Gasteiger partial charge < -0.3 is 15.4 Å². The van der Waals surface area contributed by atoms with Crippen LogP contribution >= 0.6 is 11.3 Å². The van der Waals surface area contributed by atoms with Crippen LogP contribution in [0.3, 0.4) is 0 Å². The number of nitrogen functional groups attached to an aromatic ring is 1. The fourth-order valence-corrected chi connectivity index (χ4v) is 3.39. The molecule has 0 spiro atoms. The first-order valence-electron chi connectivity index (χ1n) is 8.30. The lowest BCUT2D eigenvalue weighted by Gasteiger charge is -2.12. The van der Waals surface area contributed by atoms with E-state index in [0.29, 0.717) is 5.01 Å². The SMILES string of the molecule is Cc1ccc(-n2ccc3cnc(N)nc32)cc1C#CC(C)(O)c1nccs1. The highest BCUT2D eigenvalue weighted by Gasteiger charge is 2.22. The molecule has 1 aromatic carbocycles. The van der Waals surface area contributed by atoms with Crippen molar-refractivity contribution in [2.75, 3.05) is 5.73 Å². The van der Waals surface area contributed by atoms with Crippen LogP contribution in [-0.2, 0) is 5.60 Å². The third-order valence-corrected chi connectivity index (χ3v) is 5.22. The molecule has 3 aromatic heterocycles. The molecular weight excluding hydrogens is 358 g/mol. The number of thiazole rings is 1. The van der Waals surface area contributed by atoms with E-state index in [1.54, 1.807) is 19.3 Å². The van der Waals surface area contributed by atoms with Crippen LogP contribution in [0.15, 0.2) is 48.2 Å². The molecule has 7 heteroatoms. The topological polar surface area (TPSA) is 89.9 Å².